The van der Waals surface area contributed by atoms with Crippen LogP contribution in [0.1, 0.15) is 43.2 Å². The van der Waals surface area contributed by atoms with Gasteiger partial charge in [0.15, 0.2) is 11.5 Å². The molecule has 26 heavy (non-hydrogen) atoms. The number of ether oxygens (including phenoxy) is 2. The number of hydrogen-bond donors (Lipinski definition) is 0. The number of methoxy groups -OCH3 is 2. The van der Waals surface area contributed by atoms with Crippen LogP contribution >= 0.6 is 0 Å². The fourth-order valence-electron chi connectivity index (χ4n) is 6.61. The molecular formula is C22H29NO3. The van der Waals surface area contributed by atoms with Crippen molar-refractivity contribution in [1.82, 2.24) is 4.90 Å². The molecular weight excluding hydrogens is 326 g/mol. The number of nitrogens with zero attached hydrogens (tertiary/aromatic N) is 1. The van der Waals surface area contributed by atoms with Gasteiger partial charge in [-0.3, -0.25) is 4.79 Å². The smallest absolute Gasteiger partial charge is 0.226 e. The van der Waals surface area contributed by atoms with Crippen molar-refractivity contribution in [3.63, 3.8) is 0 Å². The Morgan fingerprint density at radius 1 is 0.923 bits per heavy atom. The van der Waals surface area contributed by atoms with Gasteiger partial charge in [0.2, 0.25) is 5.91 Å². The Morgan fingerprint density at radius 2 is 1.50 bits per heavy atom. The first-order valence-electron chi connectivity index (χ1n) is 10.2. The van der Waals surface area contributed by atoms with E-state index in [-0.39, 0.29) is 0 Å². The van der Waals surface area contributed by atoms with Gasteiger partial charge in [-0.2, -0.15) is 0 Å². The standard InChI is InChI=1S/C22H29NO3/c1-25-19-10-15-3-4-23(12-18(15)11-20(19)26-2)22(24)21-16-6-13-5-14(8-16)9-17(21)7-13/h10-11,13-14,16-17,21H,3-9,12H2,1-2H3. The molecule has 4 aliphatic carbocycles. The number of rotatable bonds is 3. The second-order valence-electron chi connectivity index (χ2n) is 8.94. The van der Waals surface area contributed by atoms with Crippen molar-refractivity contribution >= 4 is 5.91 Å². The van der Waals surface area contributed by atoms with E-state index in [1.165, 1.54) is 43.2 Å². The fourth-order valence-corrected chi connectivity index (χ4v) is 6.61. The monoisotopic (exact) mass is 355 g/mol. The summed E-state index contributed by atoms with van der Waals surface area (Å²) in [6, 6.07) is 4.14. The van der Waals surface area contributed by atoms with Gasteiger partial charge < -0.3 is 14.4 Å². The highest BCUT2D eigenvalue weighted by atomic mass is 16.5. The molecule has 0 spiro atoms. The van der Waals surface area contributed by atoms with Crippen LogP contribution in [0.5, 0.6) is 11.5 Å². The van der Waals surface area contributed by atoms with E-state index in [0.717, 1.165) is 42.8 Å². The first-order chi connectivity index (χ1) is 12.7. The van der Waals surface area contributed by atoms with Crippen molar-refractivity contribution < 1.29 is 14.3 Å². The molecule has 1 aliphatic heterocycles. The Hall–Kier alpha value is -1.71. The largest absolute Gasteiger partial charge is 0.493 e. The SMILES string of the molecule is COc1cc2c(cc1OC)CN(C(=O)C1C3CC4CC(C3)CC1C4)CC2. The first-order valence-corrected chi connectivity index (χ1v) is 10.2. The number of carbonyl (C=O) groups is 1. The van der Waals surface area contributed by atoms with Crippen LogP contribution in [0.2, 0.25) is 0 Å². The van der Waals surface area contributed by atoms with E-state index in [9.17, 15) is 4.79 Å². The Balaban J connectivity index is 1.37. The number of amides is 1. The maximum Gasteiger partial charge on any atom is 0.226 e. The van der Waals surface area contributed by atoms with Crippen molar-refractivity contribution in [2.45, 2.75) is 45.1 Å². The Morgan fingerprint density at radius 3 is 2.08 bits per heavy atom. The highest BCUT2D eigenvalue weighted by Crippen LogP contribution is 2.57. The summed E-state index contributed by atoms with van der Waals surface area (Å²) in [5.74, 6) is 5.42. The highest BCUT2D eigenvalue weighted by Gasteiger charge is 2.51. The summed E-state index contributed by atoms with van der Waals surface area (Å²) in [4.78, 5) is 15.6. The van der Waals surface area contributed by atoms with Crippen LogP contribution in [0.4, 0.5) is 0 Å². The molecule has 0 atom stereocenters. The van der Waals surface area contributed by atoms with Gasteiger partial charge in [0.05, 0.1) is 14.2 Å². The van der Waals surface area contributed by atoms with E-state index in [4.69, 9.17) is 9.47 Å². The van der Waals surface area contributed by atoms with Crippen molar-refractivity contribution in [3.8, 4) is 11.5 Å². The number of benzene rings is 1. The number of fused-ring (bicyclic) bond motifs is 1. The van der Waals surface area contributed by atoms with E-state index in [1.54, 1.807) is 14.2 Å². The number of hydrogen-bond acceptors (Lipinski definition) is 3. The summed E-state index contributed by atoms with van der Waals surface area (Å²) in [6.45, 7) is 1.56. The maximum atomic E-state index is 13.4. The summed E-state index contributed by atoms with van der Waals surface area (Å²) >= 11 is 0. The van der Waals surface area contributed by atoms with Gasteiger partial charge in [-0.05, 0) is 85.5 Å². The quantitative estimate of drug-likeness (QED) is 0.831. The third kappa shape index (κ3) is 2.52. The molecule has 1 aromatic carbocycles. The first kappa shape index (κ1) is 16.5. The van der Waals surface area contributed by atoms with Gasteiger partial charge in [-0.15, -0.1) is 0 Å². The molecule has 1 amide bonds. The van der Waals surface area contributed by atoms with Crippen molar-refractivity contribution in [3.05, 3.63) is 23.3 Å². The van der Waals surface area contributed by atoms with Crippen LogP contribution in [-0.4, -0.2) is 31.6 Å². The van der Waals surface area contributed by atoms with E-state index in [2.05, 4.69) is 17.0 Å². The average Bonchev–Trinajstić information content (AvgIpc) is 2.65. The summed E-state index contributed by atoms with van der Waals surface area (Å²) in [5, 5.41) is 0. The molecule has 140 valence electrons. The molecule has 6 rings (SSSR count). The van der Waals surface area contributed by atoms with E-state index in [0.29, 0.717) is 23.7 Å². The lowest BCUT2D eigenvalue weighted by Gasteiger charge is -2.54. The second kappa shape index (κ2) is 6.17. The van der Waals surface area contributed by atoms with Crippen LogP contribution in [0, 0.1) is 29.6 Å². The lowest BCUT2D eigenvalue weighted by atomic mass is 9.51. The van der Waals surface area contributed by atoms with E-state index >= 15 is 0 Å². The molecule has 0 saturated heterocycles. The minimum absolute atomic E-state index is 0.296. The minimum atomic E-state index is 0.296. The molecule has 0 radical (unpaired) electrons. The molecule has 4 nitrogen and oxygen atoms in total. The van der Waals surface area contributed by atoms with Gasteiger partial charge in [0.1, 0.15) is 0 Å². The topological polar surface area (TPSA) is 38.8 Å². The van der Waals surface area contributed by atoms with Crippen LogP contribution in [0.15, 0.2) is 12.1 Å². The second-order valence-corrected chi connectivity index (χ2v) is 8.94. The Labute approximate surface area is 155 Å². The maximum absolute atomic E-state index is 13.4. The van der Waals surface area contributed by atoms with Crippen molar-refractivity contribution in [2.24, 2.45) is 29.6 Å². The van der Waals surface area contributed by atoms with Gasteiger partial charge >= 0.3 is 0 Å². The zero-order valence-corrected chi connectivity index (χ0v) is 15.9. The van der Waals surface area contributed by atoms with Crippen LogP contribution in [-0.2, 0) is 17.8 Å². The zero-order chi connectivity index (χ0) is 17.8. The zero-order valence-electron chi connectivity index (χ0n) is 15.9. The third-order valence-electron chi connectivity index (χ3n) is 7.54. The predicted molar refractivity (Wildman–Crippen MR) is 99.2 cm³/mol. The lowest BCUT2D eigenvalue weighted by molar-refractivity contribution is -0.150. The highest BCUT2D eigenvalue weighted by molar-refractivity contribution is 5.80. The third-order valence-corrected chi connectivity index (χ3v) is 7.54. The van der Waals surface area contributed by atoms with Gasteiger partial charge in [-0.25, -0.2) is 0 Å². The Kier molecular flexibility index (Phi) is 3.91. The summed E-state index contributed by atoms with van der Waals surface area (Å²) in [7, 11) is 3.35. The fraction of sp³-hybridized carbons (Fsp3) is 0.682. The summed E-state index contributed by atoms with van der Waals surface area (Å²) in [5.41, 5.74) is 2.50. The minimum Gasteiger partial charge on any atom is -0.493 e. The van der Waals surface area contributed by atoms with Crippen molar-refractivity contribution in [2.75, 3.05) is 20.8 Å². The molecule has 4 fully saturated rings. The van der Waals surface area contributed by atoms with E-state index < -0.39 is 0 Å². The van der Waals surface area contributed by atoms with E-state index in [1.807, 2.05) is 0 Å². The molecule has 1 aromatic rings. The molecule has 4 heteroatoms. The average molecular weight is 355 g/mol. The Bertz CT molecular complexity index is 700. The molecule has 0 unspecified atom stereocenters. The molecule has 1 heterocycles. The van der Waals surface area contributed by atoms with Gasteiger partial charge in [0.25, 0.3) is 0 Å². The lowest BCUT2D eigenvalue weighted by Crippen LogP contribution is -2.52. The predicted octanol–water partition coefficient (Wildman–Crippen LogP) is 3.66. The molecule has 4 saturated carbocycles. The van der Waals surface area contributed by atoms with Gasteiger partial charge in [-0.1, -0.05) is 0 Å². The summed E-state index contributed by atoms with van der Waals surface area (Å²) in [6.07, 6.45) is 7.57. The normalized spacial score (nSPS) is 34.5. The van der Waals surface area contributed by atoms with Crippen LogP contribution < -0.4 is 9.47 Å². The number of carbonyl (C=O) groups excluding carboxylic acids is 1. The molecule has 5 aliphatic rings. The van der Waals surface area contributed by atoms with Crippen LogP contribution in [0.25, 0.3) is 0 Å². The van der Waals surface area contributed by atoms with Crippen LogP contribution in [0.3, 0.4) is 0 Å². The molecule has 0 N–H and O–H groups in total. The molecule has 0 aromatic heterocycles. The molecule has 4 bridgehead atoms. The van der Waals surface area contributed by atoms with Crippen molar-refractivity contribution in [1.29, 1.82) is 0 Å². The van der Waals surface area contributed by atoms with Gasteiger partial charge in [0, 0.05) is 19.0 Å². The summed E-state index contributed by atoms with van der Waals surface area (Å²) < 4.78 is 10.9.